The molecule has 0 fully saturated rings. The second kappa shape index (κ2) is 23.1. The fourth-order valence-electron chi connectivity index (χ4n) is 8.16. The van der Waals surface area contributed by atoms with Crippen molar-refractivity contribution < 1.29 is 38.6 Å². The molecule has 2 aliphatic rings. The van der Waals surface area contributed by atoms with Crippen LogP contribution in [0.5, 0.6) is 5.75 Å². The number of nitrogens with one attached hydrogen (secondary N) is 3. The molecule has 0 saturated carbocycles. The predicted octanol–water partition coefficient (Wildman–Crippen LogP) is 7.40. The first-order valence-corrected chi connectivity index (χ1v) is 23.1. The summed E-state index contributed by atoms with van der Waals surface area (Å²) < 4.78 is 5.88. The molecule has 3 heterocycles. The molecule has 2 bridgehead atoms. The highest BCUT2D eigenvalue weighted by molar-refractivity contribution is 7.09. The van der Waals surface area contributed by atoms with Gasteiger partial charge in [-0.3, -0.25) is 24.0 Å². The predicted molar refractivity (Wildman–Crippen MR) is 254 cm³/mol. The topological polar surface area (TPSA) is 168 Å². The number of rotatable bonds is 13. The summed E-state index contributed by atoms with van der Waals surface area (Å²) in [5.74, 6) is -5.14. The number of benzene rings is 5. The van der Waals surface area contributed by atoms with Gasteiger partial charge in [-0.2, -0.15) is 0 Å². The van der Waals surface area contributed by atoms with Crippen molar-refractivity contribution in [3.05, 3.63) is 184 Å². The van der Waals surface area contributed by atoms with Crippen LogP contribution in [0.1, 0.15) is 46.4 Å². The van der Waals surface area contributed by atoms with E-state index in [1.165, 1.54) is 11.3 Å². The monoisotopic (exact) mass is 903 g/mol. The lowest BCUT2D eigenvalue weighted by atomic mass is 9.89. The summed E-state index contributed by atoms with van der Waals surface area (Å²) in [4.78, 5) is 85.0. The Morgan fingerprint density at radius 2 is 1.29 bits per heavy atom. The van der Waals surface area contributed by atoms with E-state index in [1.807, 2.05) is 109 Å². The van der Waals surface area contributed by atoms with Gasteiger partial charge in [0, 0.05) is 42.4 Å². The van der Waals surface area contributed by atoms with Gasteiger partial charge in [0.2, 0.25) is 17.7 Å². The zero-order chi connectivity index (χ0) is 46.3. The number of amides is 3. The third-order valence-corrected chi connectivity index (χ3v) is 12.7. The standard InChI is InChI=1S/C54H53N3O8S/c58-44-32-43(33-46-17-10-28-66-46)52(61)56-48(30-39-18-23-41(24-19-39)40-15-8-3-9-16-40)53(62)55-47(27-22-36-11-4-1-5-12-36)50(59)34-42(29-38-20-25-45(26-21-38)65-35-44)51(60)57-49(54(63)64)31-37-13-6-2-7-14-37/h1-21,23-26,28,42-43,47-49H,22,27,29-35H2,(H,55,62)(H,56,61)(H,57,60)(H,63,64)/t42-,43+,47+,48-,49+/m0/s1. The number of thiophene rings is 1. The number of carboxylic acids is 1. The van der Waals surface area contributed by atoms with Crippen LogP contribution in [0.15, 0.2) is 157 Å². The Morgan fingerprint density at radius 1 is 0.652 bits per heavy atom. The number of carbonyl (C=O) groups excluding carboxylic acids is 5. The molecular formula is C54H53N3O8S. The van der Waals surface area contributed by atoms with Crippen molar-refractivity contribution in [2.45, 2.75) is 69.5 Å². The summed E-state index contributed by atoms with van der Waals surface area (Å²) >= 11 is 1.47. The molecule has 3 amide bonds. The SMILES string of the molecule is O=C1COc2ccc(cc2)C[C@H](C(=O)N[C@H](Cc2ccccc2)C(=O)O)CC(=O)[C@@H](CCc2ccccc2)NC(=O)[C@H](Cc2ccc(-c3ccccc3)cc2)NC(=O)[C@@H](Cc2cccs2)C1. The van der Waals surface area contributed by atoms with Gasteiger partial charge in [-0.15, -0.1) is 11.3 Å². The van der Waals surface area contributed by atoms with E-state index in [9.17, 15) is 33.9 Å². The van der Waals surface area contributed by atoms with Gasteiger partial charge in [-0.05, 0) is 82.6 Å². The van der Waals surface area contributed by atoms with Gasteiger partial charge in [-0.25, -0.2) is 4.79 Å². The van der Waals surface area contributed by atoms with E-state index in [-0.39, 0.29) is 57.3 Å². The minimum Gasteiger partial charge on any atom is -0.486 e. The number of Topliss-reactive ketones (excluding diaryl/α,β-unsaturated/α-hetero) is 2. The molecule has 0 aliphatic carbocycles. The number of carboxylic acid groups (broad SMARTS) is 1. The molecule has 1 aromatic heterocycles. The van der Waals surface area contributed by atoms with Crippen LogP contribution in [-0.2, 0) is 60.9 Å². The van der Waals surface area contributed by atoms with Crippen molar-refractivity contribution >= 4 is 46.6 Å². The molecular weight excluding hydrogens is 851 g/mol. The molecule has 0 spiro atoms. The zero-order valence-electron chi connectivity index (χ0n) is 36.5. The van der Waals surface area contributed by atoms with Crippen molar-refractivity contribution in [2.75, 3.05) is 6.61 Å². The molecule has 66 heavy (non-hydrogen) atoms. The minimum atomic E-state index is -1.27. The van der Waals surface area contributed by atoms with Crippen LogP contribution < -0.4 is 20.7 Å². The number of ketones is 2. The first-order valence-electron chi connectivity index (χ1n) is 22.2. The minimum absolute atomic E-state index is 0.0272. The number of ether oxygens (including phenoxy) is 1. The molecule has 11 nitrogen and oxygen atoms in total. The van der Waals surface area contributed by atoms with Crippen LogP contribution in [0.3, 0.4) is 0 Å². The quantitative estimate of drug-likeness (QED) is 0.0931. The molecule has 338 valence electrons. The highest BCUT2D eigenvalue weighted by Gasteiger charge is 2.34. The van der Waals surface area contributed by atoms with Crippen LogP contribution in [0.25, 0.3) is 11.1 Å². The fraction of sp³-hybridized carbons (Fsp3) is 0.259. The molecule has 0 radical (unpaired) electrons. The van der Waals surface area contributed by atoms with E-state index in [0.717, 1.165) is 27.1 Å². The summed E-state index contributed by atoms with van der Waals surface area (Å²) in [6, 6.07) is 43.1. The molecule has 6 aromatic rings. The number of carbonyl (C=O) groups is 6. The second-order valence-electron chi connectivity index (χ2n) is 16.7. The maximum Gasteiger partial charge on any atom is 0.326 e. The Hall–Kier alpha value is -7.18. The van der Waals surface area contributed by atoms with E-state index in [1.54, 1.807) is 48.5 Å². The number of hydrogen-bond donors (Lipinski definition) is 4. The fourth-order valence-corrected chi connectivity index (χ4v) is 8.94. The van der Waals surface area contributed by atoms with E-state index in [2.05, 4.69) is 16.0 Å². The van der Waals surface area contributed by atoms with E-state index < -0.39 is 59.4 Å². The van der Waals surface area contributed by atoms with Crippen LogP contribution in [0.2, 0.25) is 0 Å². The lowest BCUT2D eigenvalue weighted by Gasteiger charge is -2.26. The number of aliphatic carboxylic acids is 1. The smallest absolute Gasteiger partial charge is 0.326 e. The van der Waals surface area contributed by atoms with Gasteiger partial charge in [-0.1, -0.05) is 133 Å². The van der Waals surface area contributed by atoms with Crippen molar-refractivity contribution in [2.24, 2.45) is 11.8 Å². The Labute approximate surface area is 388 Å². The van der Waals surface area contributed by atoms with E-state index >= 15 is 0 Å². The van der Waals surface area contributed by atoms with Crippen molar-refractivity contribution in [1.29, 1.82) is 0 Å². The van der Waals surface area contributed by atoms with Crippen LogP contribution in [0, 0.1) is 11.8 Å². The van der Waals surface area contributed by atoms with E-state index in [4.69, 9.17) is 4.74 Å². The van der Waals surface area contributed by atoms with Gasteiger partial charge in [0.05, 0.1) is 6.04 Å². The Balaban J connectivity index is 1.22. The highest BCUT2D eigenvalue weighted by Crippen LogP contribution is 2.24. The second-order valence-corrected chi connectivity index (χ2v) is 17.8. The van der Waals surface area contributed by atoms with Gasteiger partial charge >= 0.3 is 5.97 Å². The summed E-state index contributed by atoms with van der Waals surface area (Å²) in [6.45, 7) is -0.300. The van der Waals surface area contributed by atoms with Crippen LogP contribution in [-0.4, -0.2) is 65.1 Å². The highest BCUT2D eigenvalue weighted by atomic mass is 32.1. The summed E-state index contributed by atoms with van der Waals surface area (Å²) in [7, 11) is 0. The van der Waals surface area contributed by atoms with Crippen LogP contribution >= 0.6 is 11.3 Å². The summed E-state index contributed by atoms with van der Waals surface area (Å²) in [6.07, 6.45) is 0.566. The van der Waals surface area contributed by atoms with Crippen LogP contribution in [0.4, 0.5) is 0 Å². The van der Waals surface area contributed by atoms with Crippen molar-refractivity contribution in [1.82, 2.24) is 16.0 Å². The van der Waals surface area contributed by atoms with Crippen molar-refractivity contribution in [3.63, 3.8) is 0 Å². The van der Waals surface area contributed by atoms with Gasteiger partial charge in [0.1, 0.15) is 24.4 Å². The van der Waals surface area contributed by atoms with Gasteiger partial charge in [0.15, 0.2) is 11.6 Å². The molecule has 12 heteroatoms. The Bertz CT molecular complexity index is 2550. The lowest BCUT2D eigenvalue weighted by molar-refractivity contribution is -0.142. The molecule has 4 N–H and O–H groups in total. The average Bonchev–Trinajstić information content (AvgIpc) is 3.85. The first kappa shape index (κ1) is 46.8. The summed E-state index contributed by atoms with van der Waals surface area (Å²) in [5, 5.41) is 20.7. The maximum atomic E-state index is 14.7. The lowest BCUT2D eigenvalue weighted by Crippen LogP contribution is -2.54. The van der Waals surface area contributed by atoms with Gasteiger partial charge in [0.25, 0.3) is 0 Å². The Morgan fingerprint density at radius 3 is 1.94 bits per heavy atom. The van der Waals surface area contributed by atoms with E-state index in [0.29, 0.717) is 23.3 Å². The zero-order valence-corrected chi connectivity index (χ0v) is 37.3. The summed E-state index contributed by atoms with van der Waals surface area (Å²) in [5.41, 5.74) is 5.06. The average molecular weight is 904 g/mol. The third-order valence-electron chi connectivity index (χ3n) is 11.8. The number of hydrogen-bond acceptors (Lipinski definition) is 8. The van der Waals surface area contributed by atoms with Crippen molar-refractivity contribution in [3.8, 4) is 16.9 Å². The molecule has 5 atom stereocenters. The number of fused-ring (bicyclic) bond motifs is 16. The molecule has 2 aliphatic heterocycles. The first-order chi connectivity index (χ1) is 32.1. The molecule has 0 unspecified atom stereocenters. The number of aryl methyl sites for hydroxylation is 1. The largest absolute Gasteiger partial charge is 0.486 e. The Kier molecular flexibility index (Phi) is 16.4. The third kappa shape index (κ3) is 13.7. The normalized spacial score (nSPS) is 19.0. The maximum absolute atomic E-state index is 14.7. The molecule has 8 rings (SSSR count). The molecule has 5 aromatic carbocycles. The molecule has 0 saturated heterocycles. The van der Waals surface area contributed by atoms with Gasteiger partial charge < -0.3 is 25.8 Å².